The molecule has 0 unspecified atom stereocenters. The van der Waals surface area contributed by atoms with Gasteiger partial charge in [0.15, 0.2) is 0 Å². The molecule has 0 aliphatic heterocycles. The Labute approximate surface area is 124 Å². The van der Waals surface area contributed by atoms with Crippen LogP contribution in [0.25, 0.3) is 5.57 Å². The van der Waals surface area contributed by atoms with Crippen molar-refractivity contribution in [3.8, 4) is 12.1 Å². The van der Waals surface area contributed by atoms with Gasteiger partial charge < -0.3 is 5.32 Å². The largest absolute Gasteiger partial charge is 0.360 e. The standard InChI is InChI=1S/C18H13N3/c1-14(16-5-3-2-4-6-16)17-7-9-18(10-8-17)21-13-15(11-19)12-20/h2-10,13,21H,1H2. The first-order valence-corrected chi connectivity index (χ1v) is 6.36. The monoisotopic (exact) mass is 271 g/mol. The maximum absolute atomic E-state index is 8.65. The van der Waals surface area contributed by atoms with Gasteiger partial charge in [-0.2, -0.15) is 10.5 Å². The second kappa shape index (κ2) is 6.75. The number of nitriles is 2. The van der Waals surface area contributed by atoms with Crippen LogP contribution in [0.15, 0.2) is 72.9 Å². The minimum absolute atomic E-state index is 0.0350. The Morgan fingerprint density at radius 3 is 2.05 bits per heavy atom. The normalized spacial score (nSPS) is 9.05. The van der Waals surface area contributed by atoms with Crippen LogP contribution in [-0.2, 0) is 0 Å². The number of hydrogen-bond acceptors (Lipinski definition) is 3. The van der Waals surface area contributed by atoms with Crippen LogP contribution in [0.1, 0.15) is 11.1 Å². The van der Waals surface area contributed by atoms with Crippen molar-refractivity contribution < 1.29 is 0 Å². The molecule has 3 nitrogen and oxygen atoms in total. The lowest BCUT2D eigenvalue weighted by Gasteiger charge is -2.07. The zero-order chi connectivity index (χ0) is 15.1. The first-order chi connectivity index (χ1) is 10.2. The second-order valence-corrected chi connectivity index (χ2v) is 4.35. The topological polar surface area (TPSA) is 59.6 Å². The summed E-state index contributed by atoms with van der Waals surface area (Å²) >= 11 is 0. The van der Waals surface area contributed by atoms with E-state index in [0.29, 0.717) is 0 Å². The van der Waals surface area contributed by atoms with Crippen LogP contribution in [0.3, 0.4) is 0 Å². The summed E-state index contributed by atoms with van der Waals surface area (Å²) in [6, 6.07) is 21.2. The van der Waals surface area contributed by atoms with Crippen LogP contribution in [0.5, 0.6) is 0 Å². The summed E-state index contributed by atoms with van der Waals surface area (Å²) in [5, 5.41) is 20.2. The number of nitrogens with zero attached hydrogens (tertiary/aromatic N) is 2. The molecule has 0 saturated heterocycles. The van der Waals surface area contributed by atoms with Crippen molar-refractivity contribution in [3.63, 3.8) is 0 Å². The minimum Gasteiger partial charge on any atom is -0.360 e. The molecule has 0 fully saturated rings. The minimum atomic E-state index is 0.0350. The highest BCUT2D eigenvalue weighted by atomic mass is 14.8. The molecular weight excluding hydrogens is 258 g/mol. The van der Waals surface area contributed by atoms with Crippen molar-refractivity contribution in [3.05, 3.63) is 84.1 Å². The van der Waals surface area contributed by atoms with E-state index < -0.39 is 0 Å². The van der Waals surface area contributed by atoms with Crippen molar-refractivity contribution in [1.82, 2.24) is 0 Å². The molecule has 2 aromatic rings. The average Bonchev–Trinajstić information content (AvgIpc) is 2.56. The Bertz CT molecular complexity index is 726. The number of hydrogen-bond donors (Lipinski definition) is 1. The zero-order valence-corrected chi connectivity index (χ0v) is 11.4. The summed E-state index contributed by atoms with van der Waals surface area (Å²) < 4.78 is 0. The van der Waals surface area contributed by atoms with Gasteiger partial charge in [-0.3, -0.25) is 0 Å². The van der Waals surface area contributed by atoms with E-state index in [0.717, 1.165) is 22.4 Å². The van der Waals surface area contributed by atoms with E-state index in [1.807, 2.05) is 54.6 Å². The first-order valence-electron chi connectivity index (χ1n) is 6.36. The van der Waals surface area contributed by atoms with E-state index in [2.05, 4.69) is 11.9 Å². The molecule has 100 valence electrons. The van der Waals surface area contributed by atoms with E-state index >= 15 is 0 Å². The van der Waals surface area contributed by atoms with Crippen LogP contribution < -0.4 is 5.32 Å². The first kappa shape index (κ1) is 14.1. The number of anilines is 1. The number of allylic oxidation sites excluding steroid dienone is 1. The molecule has 0 atom stereocenters. The van der Waals surface area contributed by atoms with Crippen LogP contribution in [0, 0.1) is 22.7 Å². The summed E-state index contributed by atoms with van der Waals surface area (Å²) in [4.78, 5) is 0. The van der Waals surface area contributed by atoms with Gasteiger partial charge in [0.1, 0.15) is 17.7 Å². The van der Waals surface area contributed by atoms with Crippen LogP contribution in [0.4, 0.5) is 5.69 Å². The lowest BCUT2D eigenvalue weighted by Crippen LogP contribution is -1.91. The SMILES string of the molecule is C=C(c1ccccc1)c1ccc(NC=C(C#N)C#N)cc1. The predicted octanol–water partition coefficient (Wildman–Crippen LogP) is 4.09. The molecule has 0 aliphatic carbocycles. The Kier molecular flexibility index (Phi) is 4.54. The highest BCUT2D eigenvalue weighted by molar-refractivity contribution is 5.78. The van der Waals surface area contributed by atoms with Crippen molar-refractivity contribution >= 4 is 11.3 Å². The quantitative estimate of drug-likeness (QED) is 0.852. The smallest absolute Gasteiger partial charge is 0.145 e. The van der Waals surface area contributed by atoms with E-state index in [1.165, 1.54) is 6.20 Å². The van der Waals surface area contributed by atoms with Gasteiger partial charge in [0.2, 0.25) is 0 Å². The van der Waals surface area contributed by atoms with Gasteiger partial charge in [0.25, 0.3) is 0 Å². The van der Waals surface area contributed by atoms with Gasteiger partial charge in [-0.15, -0.1) is 0 Å². The third kappa shape index (κ3) is 3.59. The molecule has 0 bridgehead atoms. The van der Waals surface area contributed by atoms with Gasteiger partial charge in [0.05, 0.1) is 0 Å². The number of nitrogens with one attached hydrogen (secondary N) is 1. The van der Waals surface area contributed by atoms with Crippen molar-refractivity contribution in [1.29, 1.82) is 10.5 Å². The number of benzene rings is 2. The molecule has 2 rings (SSSR count). The molecule has 0 amide bonds. The van der Waals surface area contributed by atoms with E-state index in [-0.39, 0.29) is 5.57 Å². The summed E-state index contributed by atoms with van der Waals surface area (Å²) in [5.74, 6) is 0. The zero-order valence-electron chi connectivity index (χ0n) is 11.4. The van der Waals surface area contributed by atoms with Crippen LogP contribution in [0.2, 0.25) is 0 Å². The van der Waals surface area contributed by atoms with Crippen LogP contribution in [-0.4, -0.2) is 0 Å². The Morgan fingerprint density at radius 1 is 0.905 bits per heavy atom. The Balaban J connectivity index is 2.13. The highest BCUT2D eigenvalue weighted by Crippen LogP contribution is 2.22. The average molecular weight is 271 g/mol. The van der Waals surface area contributed by atoms with Crippen molar-refractivity contribution in [2.45, 2.75) is 0 Å². The predicted molar refractivity (Wildman–Crippen MR) is 84.0 cm³/mol. The van der Waals surface area contributed by atoms with E-state index in [9.17, 15) is 0 Å². The molecule has 0 aromatic heterocycles. The summed E-state index contributed by atoms with van der Waals surface area (Å²) in [7, 11) is 0. The fourth-order valence-electron chi connectivity index (χ4n) is 1.82. The van der Waals surface area contributed by atoms with E-state index in [1.54, 1.807) is 12.1 Å². The number of rotatable bonds is 4. The van der Waals surface area contributed by atoms with Gasteiger partial charge in [0, 0.05) is 11.9 Å². The van der Waals surface area contributed by atoms with Crippen LogP contribution >= 0.6 is 0 Å². The molecule has 0 saturated carbocycles. The van der Waals surface area contributed by atoms with Gasteiger partial charge in [-0.25, -0.2) is 0 Å². The maximum atomic E-state index is 8.65. The molecule has 2 aromatic carbocycles. The Morgan fingerprint density at radius 2 is 1.48 bits per heavy atom. The fraction of sp³-hybridized carbons (Fsp3) is 0. The van der Waals surface area contributed by atoms with Gasteiger partial charge in [-0.05, 0) is 28.8 Å². The molecule has 0 heterocycles. The summed E-state index contributed by atoms with van der Waals surface area (Å²) in [6.07, 6.45) is 1.39. The molecular formula is C18H13N3. The molecule has 21 heavy (non-hydrogen) atoms. The van der Waals surface area contributed by atoms with Gasteiger partial charge in [-0.1, -0.05) is 49.0 Å². The lowest BCUT2D eigenvalue weighted by molar-refractivity contribution is 1.44. The molecule has 1 N–H and O–H groups in total. The van der Waals surface area contributed by atoms with Gasteiger partial charge >= 0.3 is 0 Å². The lowest BCUT2D eigenvalue weighted by atomic mass is 9.99. The molecule has 0 spiro atoms. The Hall–Kier alpha value is -3.30. The fourth-order valence-corrected chi connectivity index (χ4v) is 1.82. The van der Waals surface area contributed by atoms with Crippen molar-refractivity contribution in [2.75, 3.05) is 5.32 Å². The summed E-state index contributed by atoms with van der Waals surface area (Å²) in [6.45, 7) is 4.11. The molecule has 3 heteroatoms. The van der Waals surface area contributed by atoms with E-state index in [4.69, 9.17) is 10.5 Å². The second-order valence-electron chi connectivity index (χ2n) is 4.35. The third-order valence-electron chi connectivity index (χ3n) is 2.98. The van der Waals surface area contributed by atoms with Crippen molar-refractivity contribution in [2.24, 2.45) is 0 Å². The highest BCUT2D eigenvalue weighted by Gasteiger charge is 2.01. The molecule has 0 aliphatic rings. The molecule has 0 radical (unpaired) electrons. The third-order valence-corrected chi connectivity index (χ3v) is 2.98. The maximum Gasteiger partial charge on any atom is 0.145 e. The summed E-state index contributed by atoms with van der Waals surface area (Å²) in [5.41, 5.74) is 3.90.